The van der Waals surface area contributed by atoms with Gasteiger partial charge in [0, 0.05) is 10.0 Å². The Morgan fingerprint density at radius 1 is 1.50 bits per heavy atom. The molecule has 0 aliphatic carbocycles. The van der Waals surface area contributed by atoms with Gasteiger partial charge in [0.25, 0.3) is 0 Å². The highest BCUT2D eigenvalue weighted by Gasteiger charge is 2.09. The smallest absolute Gasteiger partial charge is 0.307 e. The number of ether oxygens (including phenoxy) is 1. The summed E-state index contributed by atoms with van der Waals surface area (Å²) in [5, 5.41) is 8.77. The van der Waals surface area contributed by atoms with Crippen LogP contribution in [0.2, 0.25) is 0 Å². The van der Waals surface area contributed by atoms with Crippen LogP contribution in [0.1, 0.15) is 31.7 Å². The third kappa shape index (κ3) is 4.18. The molecule has 0 amide bonds. The molecule has 0 atom stereocenters. The van der Waals surface area contributed by atoms with Crippen molar-refractivity contribution in [2.45, 2.75) is 26.2 Å². The Morgan fingerprint density at radius 2 is 2.22 bits per heavy atom. The van der Waals surface area contributed by atoms with E-state index in [9.17, 15) is 4.79 Å². The van der Waals surface area contributed by atoms with Crippen molar-refractivity contribution in [1.82, 2.24) is 0 Å². The molecule has 18 heavy (non-hydrogen) atoms. The van der Waals surface area contributed by atoms with E-state index in [1.807, 2.05) is 18.2 Å². The number of aliphatic carboxylic acids is 1. The first-order valence-electron chi connectivity index (χ1n) is 5.83. The maximum absolute atomic E-state index is 10.7. The number of rotatable bonds is 6. The lowest BCUT2D eigenvalue weighted by Gasteiger charge is -2.12. The van der Waals surface area contributed by atoms with Gasteiger partial charge in [-0.05, 0) is 30.2 Å². The number of benzene rings is 1. The molecule has 0 bridgehead atoms. The van der Waals surface area contributed by atoms with Crippen molar-refractivity contribution >= 4 is 27.5 Å². The van der Waals surface area contributed by atoms with E-state index in [0.29, 0.717) is 0 Å². The van der Waals surface area contributed by atoms with Crippen molar-refractivity contribution in [3.63, 3.8) is 0 Å². The SMILES string of the molecule is CCC/C(=C\CC(=O)O)c1cc(Br)ccc1OC. The Bertz CT molecular complexity index is 452. The predicted octanol–water partition coefficient (Wildman–Crippen LogP) is 4.12. The molecular weight excluding hydrogens is 296 g/mol. The van der Waals surface area contributed by atoms with Gasteiger partial charge in [-0.15, -0.1) is 0 Å². The van der Waals surface area contributed by atoms with Crippen LogP contribution < -0.4 is 4.74 Å². The van der Waals surface area contributed by atoms with E-state index in [2.05, 4.69) is 22.9 Å². The Morgan fingerprint density at radius 3 is 2.78 bits per heavy atom. The maximum Gasteiger partial charge on any atom is 0.307 e. The second-order valence-electron chi connectivity index (χ2n) is 3.92. The van der Waals surface area contributed by atoms with E-state index in [-0.39, 0.29) is 6.42 Å². The lowest BCUT2D eigenvalue weighted by molar-refractivity contribution is -0.135. The molecule has 0 fully saturated rings. The number of carboxylic acid groups (broad SMARTS) is 1. The molecule has 1 aromatic carbocycles. The first kappa shape index (κ1) is 14.8. The summed E-state index contributed by atoms with van der Waals surface area (Å²) in [6.45, 7) is 2.07. The molecule has 4 heteroatoms. The van der Waals surface area contributed by atoms with Gasteiger partial charge < -0.3 is 9.84 Å². The summed E-state index contributed by atoms with van der Waals surface area (Å²) in [4.78, 5) is 10.7. The predicted molar refractivity (Wildman–Crippen MR) is 75.8 cm³/mol. The summed E-state index contributed by atoms with van der Waals surface area (Å²) in [5.41, 5.74) is 1.97. The third-order valence-corrected chi connectivity index (χ3v) is 3.04. The summed E-state index contributed by atoms with van der Waals surface area (Å²) in [6.07, 6.45) is 3.59. The number of carbonyl (C=O) groups is 1. The van der Waals surface area contributed by atoms with Gasteiger partial charge in [-0.1, -0.05) is 35.4 Å². The molecule has 0 aromatic heterocycles. The first-order valence-corrected chi connectivity index (χ1v) is 6.62. The zero-order valence-corrected chi connectivity index (χ0v) is 12.2. The Balaban J connectivity index is 3.15. The lowest BCUT2D eigenvalue weighted by atomic mass is 9.99. The van der Waals surface area contributed by atoms with E-state index in [0.717, 1.165) is 34.2 Å². The summed E-state index contributed by atoms with van der Waals surface area (Å²) in [6, 6.07) is 5.74. The molecular formula is C14H17BrO3. The third-order valence-electron chi connectivity index (χ3n) is 2.55. The number of hydrogen-bond acceptors (Lipinski definition) is 2. The molecule has 0 aliphatic rings. The first-order chi connectivity index (χ1) is 8.58. The second-order valence-corrected chi connectivity index (χ2v) is 4.84. The monoisotopic (exact) mass is 312 g/mol. The molecule has 0 saturated carbocycles. The van der Waals surface area contributed by atoms with Gasteiger partial charge in [0.15, 0.2) is 0 Å². The van der Waals surface area contributed by atoms with Crippen molar-refractivity contribution < 1.29 is 14.6 Å². The summed E-state index contributed by atoms with van der Waals surface area (Å²) in [7, 11) is 1.62. The van der Waals surface area contributed by atoms with E-state index in [1.54, 1.807) is 13.2 Å². The van der Waals surface area contributed by atoms with Gasteiger partial charge in [0.2, 0.25) is 0 Å². The molecule has 0 aliphatic heterocycles. The number of halogens is 1. The largest absolute Gasteiger partial charge is 0.496 e. The van der Waals surface area contributed by atoms with Crippen molar-refractivity contribution in [2.24, 2.45) is 0 Å². The van der Waals surface area contributed by atoms with Gasteiger partial charge in [-0.25, -0.2) is 0 Å². The maximum atomic E-state index is 10.7. The minimum absolute atomic E-state index is 0.0327. The minimum Gasteiger partial charge on any atom is -0.496 e. The van der Waals surface area contributed by atoms with Crippen LogP contribution in [-0.2, 0) is 4.79 Å². The van der Waals surface area contributed by atoms with Crippen LogP contribution in [-0.4, -0.2) is 18.2 Å². The van der Waals surface area contributed by atoms with Crippen LogP contribution in [0.4, 0.5) is 0 Å². The number of carboxylic acids is 1. The second kappa shape index (κ2) is 7.21. The molecule has 0 spiro atoms. The molecule has 0 radical (unpaired) electrons. The molecule has 3 nitrogen and oxygen atoms in total. The van der Waals surface area contributed by atoms with Crippen molar-refractivity contribution in [2.75, 3.05) is 7.11 Å². The fraction of sp³-hybridized carbons (Fsp3) is 0.357. The van der Waals surface area contributed by atoms with Gasteiger partial charge in [-0.3, -0.25) is 4.79 Å². The van der Waals surface area contributed by atoms with E-state index in [1.165, 1.54) is 0 Å². The molecule has 1 rings (SSSR count). The summed E-state index contributed by atoms with van der Waals surface area (Å²) in [5.74, 6) is -0.0548. The summed E-state index contributed by atoms with van der Waals surface area (Å²) < 4.78 is 6.28. The normalized spacial score (nSPS) is 11.4. The van der Waals surface area contributed by atoms with E-state index < -0.39 is 5.97 Å². The van der Waals surface area contributed by atoms with Crippen molar-refractivity contribution in [3.05, 3.63) is 34.3 Å². The van der Waals surface area contributed by atoms with Crippen LogP contribution in [0.15, 0.2) is 28.7 Å². The molecule has 98 valence electrons. The number of allylic oxidation sites excluding steroid dienone is 1. The topological polar surface area (TPSA) is 46.5 Å². The summed E-state index contributed by atoms with van der Waals surface area (Å²) >= 11 is 3.43. The number of methoxy groups -OCH3 is 1. The van der Waals surface area contributed by atoms with Crippen LogP contribution in [0.25, 0.3) is 5.57 Å². The fourth-order valence-corrected chi connectivity index (χ4v) is 2.12. The molecule has 0 saturated heterocycles. The van der Waals surface area contributed by atoms with Crippen LogP contribution in [0, 0.1) is 0 Å². The lowest BCUT2D eigenvalue weighted by Crippen LogP contribution is -1.95. The standard InChI is InChI=1S/C14H17BrO3/c1-3-4-10(5-8-14(16)17)12-9-11(15)6-7-13(12)18-2/h5-7,9H,3-4,8H2,1-2H3,(H,16,17)/b10-5+. The van der Waals surface area contributed by atoms with Crippen LogP contribution >= 0.6 is 15.9 Å². The fourth-order valence-electron chi connectivity index (χ4n) is 1.76. The van der Waals surface area contributed by atoms with Crippen LogP contribution in [0.3, 0.4) is 0 Å². The van der Waals surface area contributed by atoms with Gasteiger partial charge in [0.1, 0.15) is 5.75 Å². The zero-order valence-electron chi connectivity index (χ0n) is 10.6. The Labute approximate surface area is 116 Å². The van der Waals surface area contributed by atoms with Crippen LogP contribution in [0.5, 0.6) is 5.75 Å². The molecule has 0 unspecified atom stereocenters. The Hall–Kier alpha value is -1.29. The molecule has 1 aromatic rings. The highest BCUT2D eigenvalue weighted by molar-refractivity contribution is 9.10. The Kier molecular flexibility index (Phi) is 5.92. The van der Waals surface area contributed by atoms with Gasteiger partial charge in [-0.2, -0.15) is 0 Å². The highest BCUT2D eigenvalue weighted by Crippen LogP contribution is 2.32. The average Bonchev–Trinajstić information content (AvgIpc) is 2.34. The highest BCUT2D eigenvalue weighted by atomic mass is 79.9. The molecule has 0 heterocycles. The molecule has 1 N–H and O–H groups in total. The van der Waals surface area contributed by atoms with E-state index >= 15 is 0 Å². The average molecular weight is 313 g/mol. The zero-order chi connectivity index (χ0) is 13.5. The van der Waals surface area contributed by atoms with Gasteiger partial charge in [0.05, 0.1) is 13.5 Å². The van der Waals surface area contributed by atoms with Crippen molar-refractivity contribution in [3.8, 4) is 5.75 Å². The number of hydrogen-bond donors (Lipinski definition) is 1. The van der Waals surface area contributed by atoms with E-state index in [4.69, 9.17) is 9.84 Å². The van der Waals surface area contributed by atoms with Crippen molar-refractivity contribution in [1.29, 1.82) is 0 Å². The van der Waals surface area contributed by atoms with Gasteiger partial charge >= 0.3 is 5.97 Å². The quantitative estimate of drug-likeness (QED) is 0.859. The minimum atomic E-state index is -0.822.